The van der Waals surface area contributed by atoms with Crippen LogP contribution in [0.15, 0.2) is 0 Å². The lowest BCUT2D eigenvalue weighted by molar-refractivity contribution is -0.163. The van der Waals surface area contributed by atoms with Gasteiger partial charge in [-0.2, -0.15) is 0 Å². The van der Waals surface area contributed by atoms with Crippen LogP contribution in [0.5, 0.6) is 0 Å². The van der Waals surface area contributed by atoms with Gasteiger partial charge in [-0.1, -0.05) is 0 Å². The highest BCUT2D eigenvalue weighted by Gasteiger charge is 2.58. The van der Waals surface area contributed by atoms with Gasteiger partial charge in [-0.15, -0.1) is 0 Å². The van der Waals surface area contributed by atoms with E-state index in [1.54, 1.807) is 0 Å². The average molecular weight is 392 g/mol. The first-order valence-corrected chi connectivity index (χ1v) is 11.1. The number of hydrogen-bond donors (Lipinski definition) is 2. The molecule has 7 heteroatoms. The minimum absolute atomic E-state index is 0.0455. The van der Waals surface area contributed by atoms with E-state index in [0.29, 0.717) is 50.6 Å². The van der Waals surface area contributed by atoms with Crippen LogP contribution in [0.2, 0.25) is 0 Å². The van der Waals surface area contributed by atoms with Gasteiger partial charge >= 0.3 is 6.03 Å². The number of urea groups is 1. The minimum Gasteiger partial charge on any atom is -0.393 e. The molecular weight excluding hydrogens is 358 g/mol. The van der Waals surface area contributed by atoms with Crippen LogP contribution < -0.4 is 5.32 Å². The van der Waals surface area contributed by atoms with Gasteiger partial charge in [-0.3, -0.25) is 4.79 Å². The van der Waals surface area contributed by atoms with Gasteiger partial charge in [0, 0.05) is 32.2 Å². The van der Waals surface area contributed by atoms with Gasteiger partial charge in [0.05, 0.1) is 24.7 Å². The maximum atomic E-state index is 13.3. The largest absolute Gasteiger partial charge is 0.393 e. The van der Waals surface area contributed by atoms with Gasteiger partial charge in [0.2, 0.25) is 5.91 Å². The molecule has 6 aliphatic rings. The maximum Gasteiger partial charge on any atom is 0.320 e. The maximum absolute atomic E-state index is 13.3. The predicted molar refractivity (Wildman–Crippen MR) is 103 cm³/mol. The molecule has 0 aromatic carbocycles. The summed E-state index contributed by atoms with van der Waals surface area (Å²) in [5.74, 6) is 1.41. The van der Waals surface area contributed by atoms with E-state index in [4.69, 9.17) is 4.74 Å². The van der Waals surface area contributed by atoms with E-state index in [0.717, 1.165) is 51.5 Å². The summed E-state index contributed by atoms with van der Waals surface area (Å²) >= 11 is 0. The third kappa shape index (κ3) is 3.20. The van der Waals surface area contributed by atoms with Crippen LogP contribution in [-0.4, -0.2) is 78.4 Å². The highest BCUT2D eigenvalue weighted by Crippen LogP contribution is 2.60. The van der Waals surface area contributed by atoms with Gasteiger partial charge in [0.25, 0.3) is 0 Å². The Morgan fingerprint density at radius 1 is 1.00 bits per heavy atom. The van der Waals surface area contributed by atoms with E-state index in [-0.39, 0.29) is 29.5 Å². The third-order valence-corrected chi connectivity index (χ3v) is 8.01. The second kappa shape index (κ2) is 7.17. The van der Waals surface area contributed by atoms with Crippen molar-refractivity contribution >= 4 is 11.9 Å². The van der Waals surface area contributed by atoms with Crippen LogP contribution in [-0.2, 0) is 9.53 Å². The van der Waals surface area contributed by atoms with Gasteiger partial charge < -0.3 is 25.0 Å². The van der Waals surface area contributed by atoms with Crippen molar-refractivity contribution in [2.45, 2.75) is 57.1 Å². The molecule has 0 spiro atoms. The molecule has 4 bridgehead atoms. The summed E-state index contributed by atoms with van der Waals surface area (Å²) in [4.78, 5) is 29.9. The predicted octanol–water partition coefficient (Wildman–Crippen LogP) is 1.21. The number of aliphatic hydroxyl groups excluding tert-OH is 1. The molecular formula is C21H33N3O4. The number of rotatable bonds is 2. The zero-order valence-electron chi connectivity index (χ0n) is 16.6. The normalized spacial score (nSPS) is 42.5. The number of likely N-dealkylation sites (tertiary alicyclic amines) is 1. The number of nitrogens with one attached hydrogen (secondary N) is 1. The van der Waals surface area contributed by atoms with Crippen molar-refractivity contribution < 1.29 is 19.4 Å². The first-order chi connectivity index (χ1) is 13.5. The molecule has 6 atom stereocenters. The molecule has 0 radical (unpaired) electrons. The molecule has 4 unspecified atom stereocenters. The summed E-state index contributed by atoms with van der Waals surface area (Å²) in [7, 11) is 0. The van der Waals surface area contributed by atoms with E-state index < -0.39 is 0 Å². The lowest BCUT2D eigenvalue weighted by atomic mass is 9.48. The van der Waals surface area contributed by atoms with Crippen molar-refractivity contribution in [3.05, 3.63) is 0 Å². The van der Waals surface area contributed by atoms with Crippen molar-refractivity contribution in [1.82, 2.24) is 15.1 Å². The van der Waals surface area contributed by atoms with E-state index in [2.05, 4.69) is 5.32 Å². The smallest absolute Gasteiger partial charge is 0.320 e. The first kappa shape index (κ1) is 18.7. The van der Waals surface area contributed by atoms with Gasteiger partial charge in [0.1, 0.15) is 0 Å². The van der Waals surface area contributed by atoms with E-state index in [9.17, 15) is 14.7 Å². The molecule has 28 heavy (non-hydrogen) atoms. The second-order valence-corrected chi connectivity index (χ2v) is 9.88. The molecule has 3 amide bonds. The number of amides is 3. The number of carbonyl (C=O) groups is 2. The number of nitrogens with zero attached hydrogens (tertiary/aromatic N) is 2. The molecule has 4 aliphatic carbocycles. The monoisotopic (exact) mass is 391 g/mol. The number of carbonyl (C=O) groups excluding carboxylic acids is 2. The molecule has 2 N–H and O–H groups in total. The van der Waals surface area contributed by atoms with Gasteiger partial charge in [-0.25, -0.2) is 4.79 Å². The molecule has 6 rings (SSSR count). The van der Waals surface area contributed by atoms with Gasteiger partial charge in [-0.05, 0) is 62.7 Å². The Bertz CT molecular complexity index is 619. The molecule has 0 aromatic heterocycles. The Morgan fingerprint density at radius 2 is 1.71 bits per heavy atom. The molecule has 6 fully saturated rings. The van der Waals surface area contributed by atoms with Crippen LogP contribution in [0, 0.1) is 23.2 Å². The number of hydrogen-bond acceptors (Lipinski definition) is 4. The summed E-state index contributed by atoms with van der Waals surface area (Å²) in [5.41, 5.74) is -0.272. The van der Waals surface area contributed by atoms with Gasteiger partial charge in [0.15, 0.2) is 0 Å². The number of ether oxygens (including phenoxy) is 1. The molecule has 2 aliphatic heterocycles. The summed E-state index contributed by atoms with van der Waals surface area (Å²) in [5, 5.41) is 13.8. The van der Waals surface area contributed by atoms with Crippen LogP contribution in [0.1, 0.15) is 44.9 Å². The average Bonchev–Trinajstić information content (AvgIpc) is 2.71. The number of piperidine rings is 1. The fourth-order valence-corrected chi connectivity index (χ4v) is 6.84. The topological polar surface area (TPSA) is 82.1 Å². The van der Waals surface area contributed by atoms with Crippen LogP contribution in [0.4, 0.5) is 4.79 Å². The van der Waals surface area contributed by atoms with E-state index in [1.165, 1.54) is 0 Å². The Kier molecular flexibility index (Phi) is 4.78. The SMILES string of the molecule is O=C(N1CCOCC1)N1CCC[C@H](NC(=O)C23CC4CC(C2)C(O)[C@H](C4)C3)C1. The van der Waals surface area contributed by atoms with Crippen molar-refractivity contribution in [2.24, 2.45) is 23.2 Å². The second-order valence-electron chi connectivity index (χ2n) is 9.88. The Labute approximate surface area is 166 Å². The quantitative estimate of drug-likeness (QED) is 0.741. The Morgan fingerprint density at radius 3 is 2.43 bits per heavy atom. The zero-order valence-corrected chi connectivity index (χ0v) is 16.6. The number of aliphatic hydroxyl groups is 1. The van der Waals surface area contributed by atoms with Crippen molar-refractivity contribution in [1.29, 1.82) is 0 Å². The van der Waals surface area contributed by atoms with Crippen LogP contribution in [0.3, 0.4) is 0 Å². The molecule has 2 saturated heterocycles. The molecule has 7 nitrogen and oxygen atoms in total. The summed E-state index contributed by atoms with van der Waals surface area (Å²) in [6.45, 7) is 3.90. The van der Waals surface area contributed by atoms with Crippen molar-refractivity contribution in [3.63, 3.8) is 0 Å². The van der Waals surface area contributed by atoms with E-state index in [1.807, 2.05) is 9.80 Å². The third-order valence-electron chi connectivity index (χ3n) is 8.01. The standard InChI is InChI=1S/C21H33N3O4/c25-18-15-8-14-9-16(18)12-21(10-14,11-15)19(26)22-17-2-1-3-24(13-17)20(27)23-4-6-28-7-5-23/h14-18,25H,1-13H2,(H,22,26)/t14?,15-,16?,17+,18?,21?/m1/s1. The fourth-order valence-electron chi connectivity index (χ4n) is 6.84. The number of morpholine rings is 1. The Hall–Kier alpha value is -1.34. The highest BCUT2D eigenvalue weighted by molar-refractivity contribution is 5.83. The van der Waals surface area contributed by atoms with Crippen LogP contribution in [0.25, 0.3) is 0 Å². The molecule has 2 heterocycles. The summed E-state index contributed by atoms with van der Waals surface area (Å²) in [6.07, 6.45) is 6.53. The molecule has 4 saturated carbocycles. The molecule has 156 valence electrons. The lowest BCUT2D eigenvalue weighted by Crippen LogP contribution is -2.61. The minimum atomic E-state index is -0.272. The fraction of sp³-hybridized carbons (Fsp3) is 0.905. The summed E-state index contributed by atoms with van der Waals surface area (Å²) < 4.78 is 5.35. The highest BCUT2D eigenvalue weighted by atomic mass is 16.5. The van der Waals surface area contributed by atoms with Crippen molar-refractivity contribution in [2.75, 3.05) is 39.4 Å². The zero-order chi connectivity index (χ0) is 19.3. The molecule has 0 aromatic rings. The first-order valence-electron chi connectivity index (χ1n) is 11.1. The summed E-state index contributed by atoms with van der Waals surface area (Å²) in [6, 6.07) is 0.129. The van der Waals surface area contributed by atoms with Crippen LogP contribution >= 0.6 is 0 Å². The lowest BCUT2D eigenvalue weighted by Gasteiger charge is -2.58. The Balaban J connectivity index is 1.21. The van der Waals surface area contributed by atoms with Crippen molar-refractivity contribution in [3.8, 4) is 0 Å². The van der Waals surface area contributed by atoms with E-state index >= 15 is 0 Å².